The monoisotopic (exact) mass is 385 g/mol. The number of aromatic nitrogens is 3. The van der Waals surface area contributed by atoms with Gasteiger partial charge in [0.1, 0.15) is 0 Å². The third-order valence-electron chi connectivity index (χ3n) is 4.70. The summed E-state index contributed by atoms with van der Waals surface area (Å²) in [4.78, 5) is 15.6. The van der Waals surface area contributed by atoms with E-state index in [1.807, 2.05) is 0 Å². The van der Waals surface area contributed by atoms with Crippen LogP contribution in [-0.4, -0.2) is 35.5 Å². The number of rotatable bonds is 4. The number of amides is 1. The Bertz CT molecular complexity index is 1110. The average molecular weight is 385 g/mol. The summed E-state index contributed by atoms with van der Waals surface area (Å²) in [6, 6.07) is 5.93. The van der Waals surface area contributed by atoms with Crippen LogP contribution in [0.2, 0.25) is 0 Å². The van der Waals surface area contributed by atoms with Crippen LogP contribution < -0.4 is 10.0 Å². The molecule has 2 aromatic heterocycles. The maximum Gasteiger partial charge on any atom is 0.240 e. The van der Waals surface area contributed by atoms with Gasteiger partial charge in [0.05, 0.1) is 11.1 Å². The Morgan fingerprint density at radius 1 is 1.22 bits per heavy atom. The van der Waals surface area contributed by atoms with Crippen LogP contribution in [0.3, 0.4) is 0 Å². The number of aryl methyl sites for hydroxylation is 1. The summed E-state index contributed by atoms with van der Waals surface area (Å²) in [6.45, 7) is 1.40. The normalized spacial score (nSPS) is 16.9. The molecule has 0 saturated carbocycles. The maximum atomic E-state index is 12.7. The van der Waals surface area contributed by atoms with E-state index in [9.17, 15) is 13.2 Å². The fraction of sp³-hybridized carbons (Fsp3) is 0.278. The molecule has 1 aliphatic carbocycles. The molecule has 1 aliphatic rings. The van der Waals surface area contributed by atoms with Gasteiger partial charge in [0, 0.05) is 30.2 Å². The zero-order valence-electron chi connectivity index (χ0n) is 14.7. The standard InChI is InChI=1S/C18H19N5O3S/c1-11(24)21-13-2-5-15(6-3-13)27(25,26)23-14-4-7-16-12(8-14)9-19-18-17(16)10-20-22-18/h2-3,5-6,9-10,14,23H,4,7-8H2,1H3,(H,21,24)(H,19,20,22). The van der Waals surface area contributed by atoms with Crippen molar-refractivity contribution in [2.45, 2.75) is 37.1 Å². The van der Waals surface area contributed by atoms with Crippen LogP contribution in [0.1, 0.15) is 24.5 Å². The first-order valence-electron chi connectivity index (χ1n) is 8.62. The Kier molecular flexibility index (Phi) is 4.40. The number of benzene rings is 1. The molecule has 0 saturated heterocycles. The molecule has 1 amide bonds. The third-order valence-corrected chi connectivity index (χ3v) is 6.23. The number of carbonyl (C=O) groups is 1. The molecule has 4 rings (SSSR count). The van der Waals surface area contributed by atoms with E-state index >= 15 is 0 Å². The Morgan fingerprint density at radius 2 is 2.00 bits per heavy atom. The number of anilines is 1. The van der Waals surface area contributed by atoms with Crippen LogP contribution in [0.5, 0.6) is 0 Å². The highest BCUT2D eigenvalue weighted by molar-refractivity contribution is 7.89. The lowest BCUT2D eigenvalue weighted by Crippen LogP contribution is -2.38. The van der Waals surface area contributed by atoms with Crippen molar-refractivity contribution >= 4 is 32.7 Å². The van der Waals surface area contributed by atoms with Crippen LogP contribution >= 0.6 is 0 Å². The minimum absolute atomic E-state index is 0.172. The van der Waals surface area contributed by atoms with Gasteiger partial charge in [0.15, 0.2) is 5.65 Å². The van der Waals surface area contributed by atoms with Crippen molar-refractivity contribution in [1.82, 2.24) is 19.9 Å². The van der Waals surface area contributed by atoms with E-state index in [2.05, 4.69) is 25.2 Å². The molecule has 140 valence electrons. The summed E-state index contributed by atoms with van der Waals surface area (Å²) < 4.78 is 28.2. The van der Waals surface area contributed by atoms with Gasteiger partial charge in [-0.2, -0.15) is 5.10 Å². The first-order chi connectivity index (χ1) is 12.9. The van der Waals surface area contributed by atoms with Gasteiger partial charge in [-0.05, 0) is 54.7 Å². The molecule has 0 radical (unpaired) electrons. The van der Waals surface area contributed by atoms with Crippen molar-refractivity contribution in [1.29, 1.82) is 0 Å². The fourth-order valence-corrected chi connectivity index (χ4v) is 4.73. The second-order valence-corrected chi connectivity index (χ2v) is 8.37. The Morgan fingerprint density at radius 3 is 2.74 bits per heavy atom. The molecule has 0 fully saturated rings. The van der Waals surface area contributed by atoms with Gasteiger partial charge >= 0.3 is 0 Å². The molecule has 1 aromatic carbocycles. The lowest BCUT2D eigenvalue weighted by Gasteiger charge is -2.25. The second-order valence-electron chi connectivity index (χ2n) is 6.66. The molecule has 1 atom stereocenters. The number of hydrogen-bond donors (Lipinski definition) is 3. The van der Waals surface area contributed by atoms with Gasteiger partial charge in [-0.15, -0.1) is 0 Å². The van der Waals surface area contributed by atoms with Gasteiger partial charge in [-0.1, -0.05) is 0 Å². The predicted octanol–water partition coefficient (Wildman–Crippen LogP) is 1.75. The summed E-state index contributed by atoms with van der Waals surface area (Å²) in [7, 11) is -3.64. The summed E-state index contributed by atoms with van der Waals surface area (Å²) in [6.07, 6.45) is 5.62. The van der Waals surface area contributed by atoms with Crippen molar-refractivity contribution in [3.05, 3.63) is 47.8 Å². The zero-order chi connectivity index (χ0) is 19.0. The Balaban J connectivity index is 1.51. The molecular weight excluding hydrogens is 366 g/mol. The molecule has 3 N–H and O–H groups in total. The van der Waals surface area contributed by atoms with Crippen LogP contribution in [-0.2, 0) is 27.7 Å². The van der Waals surface area contributed by atoms with Crippen molar-refractivity contribution in [3.8, 4) is 0 Å². The van der Waals surface area contributed by atoms with E-state index in [-0.39, 0.29) is 16.8 Å². The van der Waals surface area contributed by atoms with Crippen molar-refractivity contribution in [2.75, 3.05) is 5.32 Å². The van der Waals surface area contributed by atoms with Gasteiger partial charge in [0.2, 0.25) is 15.9 Å². The van der Waals surface area contributed by atoms with E-state index in [0.29, 0.717) is 18.5 Å². The summed E-state index contributed by atoms with van der Waals surface area (Å²) in [5.41, 5.74) is 3.54. The summed E-state index contributed by atoms with van der Waals surface area (Å²) in [5.74, 6) is -0.204. The van der Waals surface area contributed by atoms with Gasteiger partial charge in [-0.3, -0.25) is 9.89 Å². The molecule has 9 heteroatoms. The molecule has 0 spiro atoms. The highest BCUT2D eigenvalue weighted by Crippen LogP contribution is 2.27. The van der Waals surface area contributed by atoms with Gasteiger partial charge < -0.3 is 5.32 Å². The van der Waals surface area contributed by atoms with E-state index < -0.39 is 10.0 Å². The predicted molar refractivity (Wildman–Crippen MR) is 101 cm³/mol. The third kappa shape index (κ3) is 3.56. The molecule has 27 heavy (non-hydrogen) atoms. The number of nitrogens with zero attached hydrogens (tertiary/aromatic N) is 2. The molecule has 0 aliphatic heterocycles. The van der Waals surface area contributed by atoms with Crippen LogP contribution in [0.15, 0.2) is 41.6 Å². The second kappa shape index (κ2) is 6.75. The fourth-order valence-electron chi connectivity index (χ4n) is 3.46. The number of pyridine rings is 1. The Hall–Kier alpha value is -2.78. The topological polar surface area (TPSA) is 117 Å². The first-order valence-corrected chi connectivity index (χ1v) is 10.1. The number of H-pyrrole nitrogens is 1. The number of nitrogens with one attached hydrogen (secondary N) is 3. The minimum atomic E-state index is -3.64. The van der Waals surface area contributed by atoms with Crippen molar-refractivity contribution in [2.24, 2.45) is 0 Å². The molecule has 2 heterocycles. The first kappa shape index (κ1) is 17.6. The van der Waals surface area contributed by atoms with Crippen molar-refractivity contribution in [3.63, 3.8) is 0 Å². The van der Waals surface area contributed by atoms with Crippen LogP contribution in [0.25, 0.3) is 11.0 Å². The van der Waals surface area contributed by atoms with E-state index in [4.69, 9.17) is 0 Å². The number of fused-ring (bicyclic) bond motifs is 3. The number of hydrogen-bond acceptors (Lipinski definition) is 5. The molecule has 1 unspecified atom stereocenters. The maximum absolute atomic E-state index is 12.7. The number of sulfonamides is 1. The molecule has 8 nitrogen and oxygen atoms in total. The zero-order valence-corrected chi connectivity index (χ0v) is 15.5. The number of aromatic amines is 1. The summed E-state index contributed by atoms with van der Waals surface area (Å²) >= 11 is 0. The van der Waals surface area contributed by atoms with Crippen molar-refractivity contribution < 1.29 is 13.2 Å². The quantitative estimate of drug-likeness (QED) is 0.633. The highest BCUT2D eigenvalue weighted by Gasteiger charge is 2.26. The average Bonchev–Trinajstić information content (AvgIpc) is 3.10. The van der Waals surface area contributed by atoms with Gasteiger partial charge in [-0.25, -0.2) is 18.1 Å². The van der Waals surface area contributed by atoms with E-state index in [0.717, 1.165) is 23.0 Å². The van der Waals surface area contributed by atoms with E-state index in [1.54, 1.807) is 24.5 Å². The summed E-state index contributed by atoms with van der Waals surface area (Å²) in [5, 5.41) is 10.5. The largest absolute Gasteiger partial charge is 0.326 e. The molecular formula is C18H19N5O3S. The smallest absolute Gasteiger partial charge is 0.240 e. The van der Waals surface area contributed by atoms with Crippen LogP contribution in [0, 0.1) is 0 Å². The highest BCUT2D eigenvalue weighted by atomic mass is 32.2. The minimum Gasteiger partial charge on any atom is -0.326 e. The van der Waals surface area contributed by atoms with Gasteiger partial charge in [0.25, 0.3) is 0 Å². The lowest BCUT2D eigenvalue weighted by molar-refractivity contribution is -0.114. The Labute approximate surface area is 156 Å². The van der Waals surface area contributed by atoms with E-state index in [1.165, 1.54) is 24.6 Å². The molecule has 3 aromatic rings. The van der Waals surface area contributed by atoms with Crippen LogP contribution in [0.4, 0.5) is 5.69 Å². The molecule has 0 bridgehead atoms. The SMILES string of the molecule is CC(=O)Nc1ccc(S(=O)(=O)NC2CCc3c(cnc4[nH]ncc34)C2)cc1. The lowest BCUT2D eigenvalue weighted by atomic mass is 9.88. The number of carbonyl (C=O) groups excluding carboxylic acids is 1.